The Bertz CT molecular complexity index is 880. The van der Waals surface area contributed by atoms with Crippen molar-refractivity contribution >= 4 is 5.91 Å². The Morgan fingerprint density at radius 3 is 2.56 bits per heavy atom. The number of ether oxygens (including phenoxy) is 2. The maximum Gasteiger partial charge on any atom is 0.264 e. The first-order chi connectivity index (χ1) is 15.5. The molecular formula is C27H36N2O3. The third kappa shape index (κ3) is 5.44. The first-order valence-electron chi connectivity index (χ1n) is 11.9. The zero-order valence-electron chi connectivity index (χ0n) is 19.6. The quantitative estimate of drug-likeness (QED) is 0.615. The van der Waals surface area contributed by atoms with Crippen molar-refractivity contribution < 1.29 is 14.3 Å². The van der Waals surface area contributed by atoms with Crippen LogP contribution in [0.4, 0.5) is 0 Å². The van der Waals surface area contributed by atoms with E-state index in [2.05, 4.69) is 41.8 Å². The summed E-state index contributed by atoms with van der Waals surface area (Å²) in [5.41, 5.74) is 2.38. The number of fused-ring (bicyclic) bond motifs is 1. The third-order valence-corrected chi connectivity index (χ3v) is 6.59. The van der Waals surface area contributed by atoms with Crippen LogP contribution in [0, 0.1) is 11.8 Å². The maximum atomic E-state index is 13.4. The van der Waals surface area contributed by atoms with Gasteiger partial charge in [-0.25, -0.2) is 0 Å². The van der Waals surface area contributed by atoms with Crippen molar-refractivity contribution in [2.75, 3.05) is 33.3 Å². The maximum absolute atomic E-state index is 13.4. The van der Waals surface area contributed by atoms with Gasteiger partial charge >= 0.3 is 0 Å². The molecule has 2 aromatic rings. The van der Waals surface area contributed by atoms with Gasteiger partial charge in [-0.1, -0.05) is 50.2 Å². The second-order valence-corrected chi connectivity index (χ2v) is 9.59. The summed E-state index contributed by atoms with van der Waals surface area (Å²) in [6, 6.07) is 16.3. The van der Waals surface area contributed by atoms with Crippen LogP contribution in [0.15, 0.2) is 48.5 Å². The molecule has 1 amide bonds. The van der Waals surface area contributed by atoms with Gasteiger partial charge < -0.3 is 14.4 Å². The highest BCUT2D eigenvalue weighted by Crippen LogP contribution is 2.30. The summed E-state index contributed by atoms with van der Waals surface area (Å²) in [6.07, 6.45) is 2.53. The molecule has 2 heterocycles. The lowest BCUT2D eigenvalue weighted by Gasteiger charge is -2.36. The van der Waals surface area contributed by atoms with E-state index in [0.29, 0.717) is 18.3 Å². The van der Waals surface area contributed by atoms with Gasteiger partial charge in [0.15, 0.2) is 6.10 Å². The van der Waals surface area contributed by atoms with Crippen LogP contribution >= 0.6 is 0 Å². The van der Waals surface area contributed by atoms with E-state index in [4.69, 9.17) is 9.47 Å². The minimum absolute atomic E-state index is 0.145. The number of hydrogen-bond donors (Lipinski definition) is 0. The molecule has 0 bridgehead atoms. The first-order valence-corrected chi connectivity index (χ1v) is 11.9. The number of para-hydroxylation sites is 2. The molecule has 1 saturated heterocycles. The Morgan fingerprint density at radius 1 is 1.12 bits per heavy atom. The molecule has 5 heteroatoms. The zero-order chi connectivity index (χ0) is 22.5. The molecule has 5 nitrogen and oxygen atoms in total. The highest BCUT2D eigenvalue weighted by Gasteiger charge is 2.34. The molecule has 0 aromatic heterocycles. The van der Waals surface area contributed by atoms with Gasteiger partial charge in [0.25, 0.3) is 5.91 Å². The molecule has 0 N–H and O–H groups in total. The average Bonchev–Trinajstić information content (AvgIpc) is 3.24. The standard InChI is InChI=1S/C27H36N2O3/c1-20(2)17-29(27(30)26-16-22-8-4-7-11-25(22)32-26)18-21-12-14-28(15-13-21)19-23-9-5-6-10-24(23)31-3/h4-11,20-21,26H,12-19H2,1-3H3. The molecule has 1 unspecified atom stereocenters. The van der Waals surface area contributed by atoms with Crippen LogP contribution in [0.2, 0.25) is 0 Å². The molecule has 2 aliphatic heterocycles. The van der Waals surface area contributed by atoms with E-state index in [-0.39, 0.29) is 12.0 Å². The van der Waals surface area contributed by atoms with Gasteiger partial charge in [-0.15, -0.1) is 0 Å². The first kappa shape index (κ1) is 22.7. The van der Waals surface area contributed by atoms with Crippen LogP contribution in [0.1, 0.15) is 37.8 Å². The summed E-state index contributed by atoms with van der Waals surface area (Å²) in [7, 11) is 1.73. The highest BCUT2D eigenvalue weighted by molar-refractivity contribution is 5.82. The van der Waals surface area contributed by atoms with Crippen LogP contribution in [0.5, 0.6) is 11.5 Å². The minimum Gasteiger partial charge on any atom is -0.496 e. The Kier molecular flexibility index (Phi) is 7.36. The summed E-state index contributed by atoms with van der Waals surface area (Å²) in [4.78, 5) is 17.9. The van der Waals surface area contributed by atoms with Crippen molar-refractivity contribution in [3.8, 4) is 11.5 Å². The summed E-state index contributed by atoms with van der Waals surface area (Å²) in [5.74, 6) is 2.94. The Labute approximate surface area is 192 Å². The molecule has 2 aromatic carbocycles. The third-order valence-electron chi connectivity index (χ3n) is 6.59. The number of likely N-dealkylation sites (tertiary alicyclic amines) is 1. The molecule has 0 radical (unpaired) electrons. The van der Waals surface area contributed by atoms with Crippen LogP contribution in [-0.4, -0.2) is 55.1 Å². The van der Waals surface area contributed by atoms with E-state index in [1.807, 2.05) is 30.3 Å². The minimum atomic E-state index is -0.378. The van der Waals surface area contributed by atoms with Crippen LogP contribution in [0.3, 0.4) is 0 Å². The number of piperidine rings is 1. The lowest BCUT2D eigenvalue weighted by molar-refractivity contribution is -0.139. The SMILES string of the molecule is COc1ccccc1CN1CCC(CN(CC(C)C)C(=O)C2Cc3ccccc3O2)CC1. The summed E-state index contributed by atoms with van der Waals surface area (Å²) in [6.45, 7) is 9.00. The number of benzene rings is 2. The molecule has 0 saturated carbocycles. The van der Waals surface area contributed by atoms with Crippen molar-refractivity contribution in [3.63, 3.8) is 0 Å². The fourth-order valence-electron chi connectivity index (χ4n) is 4.93. The number of methoxy groups -OCH3 is 1. The van der Waals surface area contributed by atoms with Crippen LogP contribution in [-0.2, 0) is 17.8 Å². The molecule has 32 heavy (non-hydrogen) atoms. The lowest BCUT2D eigenvalue weighted by Crippen LogP contribution is -2.47. The van der Waals surface area contributed by atoms with Crippen LogP contribution < -0.4 is 9.47 Å². The van der Waals surface area contributed by atoms with E-state index in [1.54, 1.807) is 7.11 Å². The van der Waals surface area contributed by atoms with Gasteiger partial charge in [0, 0.05) is 31.6 Å². The highest BCUT2D eigenvalue weighted by atomic mass is 16.5. The normalized spacial score (nSPS) is 18.9. The van der Waals surface area contributed by atoms with Crippen LogP contribution in [0.25, 0.3) is 0 Å². The van der Waals surface area contributed by atoms with Gasteiger partial charge in [0.1, 0.15) is 11.5 Å². The van der Waals surface area contributed by atoms with E-state index in [0.717, 1.165) is 62.6 Å². The van der Waals surface area contributed by atoms with E-state index in [1.165, 1.54) is 5.56 Å². The number of carbonyl (C=O) groups excluding carboxylic acids is 1. The summed E-state index contributed by atoms with van der Waals surface area (Å²) < 4.78 is 11.5. The molecule has 0 spiro atoms. The predicted octanol–water partition coefficient (Wildman–Crippen LogP) is 4.40. The van der Waals surface area contributed by atoms with Gasteiger partial charge in [-0.2, -0.15) is 0 Å². The Morgan fingerprint density at radius 2 is 1.84 bits per heavy atom. The fourth-order valence-corrected chi connectivity index (χ4v) is 4.93. The van der Waals surface area contributed by atoms with Gasteiger partial charge in [-0.3, -0.25) is 9.69 Å². The molecule has 2 aliphatic rings. The number of hydrogen-bond acceptors (Lipinski definition) is 4. The number of carbonyl (C=O) groups is 1. The molecule has 1 atom stereocenters. The predicted molar refractivity (Wildman–Crippen MR) is 127 cm³/mol. The topological polar surface area (TPSA) is 42.0 Å². The molecule has 0 aliphatic carbocycles. The lowest BCUT2D eigenvalue weighted by atomic mass is 9.95. The molecular weight excluding hydrogens is 400 g/mol. The number of nitrogens with zero attached hydrogens (tertiary/aromatic N) is 2. The fraction of sp³-hybridized carbons (Fsp3) is 0.519. The average molecular weight is 437 g/mol. The van der Waals surface area contributed by atoms with Gasteiger partial charge in [-0.05, 0) is 55.5 Å². The van der Waals surface area contributed by atoms with Crippen molar-refractivity contribution in [2.24, 2.45) is 11.8 Å². The van der Waals surface area contributed by atoms with E-state index >= 15 is 0 Å². The summed E-state index contributed by atoms with van der Waals surface area (Å²) >= 11 is 0. The smallest absolute Gasteiger partial charge is 0.264 e. The molecule has 172 valence electrons. The summed E-state index contributed by atoms with van der Waals surface area (Å²) in [5, 5.41) is 0. The Balaban J connectivity index is 1.32. The Hall–Kier alpha value is -2.53. The van der Waals surface area contributed by atoms with Crippen molar-refractivity contribution in [3.05, 3.63) is 59.7 Å². The molecule has 1 fully saturated rings. The van der Waals surface area contributed by atoms with E-state index < -0.39 is 0 Å². The van der Waals surface area contributed by atoms with E-state index in [9.17, 15) is 4.79 Å². The van der Waals surface area contributed by atoms with Gasteiger partial charge in [0.2, 0.25) is 0 Å². The number of rotatable bonds is 8. The largest absolute Gasteiger partial charge is 0.496 e. The van der Waals surface area contributed by atoms with Crippen molar-refractivity contribution in [1.82, 2.24) is 9.80 Å². The number of amides is 1. The zero-order valence-corrected chi connectivity index (χ0v) is 19.6. The van der Waals surface area contributed by atoms with Gasteiger partial charge in [0.05, 0.1) is 7.11 Å². The monoisotopic (exact) mass is 436 g/mol. The second kappa shape index (κ2) is 10.4. The van der Waals surface area contributed by atoms with Crippen molar-refractivity contribution in [2.45, 2.75) is 45.8 Å². The second-order valence-electron chi connectivity index (χ2n) is 9.59. The molecule has 4 rings (SSSR count). The van der Waals surface area contributed by atoms with Crippen molar-refractivity contribution in [1.29, 1.82) is 0 Å².